The van der Waals surface area contributed by atoms with E-state index in [0.717, 1.165) is 70.6 Å². The van der Waals surface area contributed by atoms with Gasteiger partial charge < -0.3 is 89.9 Å². The number of allylic oxidation sites excluding steroid dienone is 9. The quantitative estimate of drug-likeness (QED) is 0.0199. The fraction of sp³-hybridized carbons (Fsp3) is 0.849. The van der Waals surface area contributed by atoms with Gasteiger partial charge in [-0.3, -0.25) is 4.79 Å². The van der Waals surface area contributed by atoms with Crippen molar-refractivity contribution in [2.75, 3.05) is 26.4 Å². The van der Waals surface area contributed by atoms with E-state index in [0.29, 0.717) is 12.8 Å². The lowest BCUT2D eigenvalue weighted by atomic mass is 9.96. The predicted molar refractivity (Wildman–Crippen MR) is 360 cm³/mol. The van der Waals surface area contributed by atoms with Crippen molar-refractivity contribution in [2.24, 2.45) is 0 Å². The van der Waals surface area contributed by atoms with Crippen LogP contribution < -0.4 is 5.32 Å². The number of carbonyl (C=O) groups excluding carboxylic acids is 1. The average molecular weight is 1310 g/mol. The molecule has 0 aromatic rings. The number of carbonyl (C=O) groups is 1. The molecule has 17 atom stereocenters. The lowest BCUT2D eigenvalue weighted by Crippen LogP contribution is -2.66. The standard InChI is InChI=1S/C73H131NO18/c1-3-5-7-9-11-13-15-17-19-20-21-22-23-24-25-26-27-28-29-30-31-32-33-34-35-36-37-38-40-42-44-46-48-50-57(78)56(74-61(79)51-49-47-45-43-41-39-18-16-14-12-10-8-6-4-2)55-87-71-67(85)64(82)69(59(53-76)89-71)92-73-68(86)65(83)70(60(54-77)90-73)91-72-66(84)63(81)62(80)58(52-75)88-72/h10,12,16,18,35-36,40,42,48,50,56-60,62-73,75-78,80-86H,3-9,11,13-15,17,19-34,37-39,41,43-47,49,51-55H2,1-2H3,(H,74,79)/b12-10-,18-16-,36-35+,42-40+,50-48+. The molecule has 0 spiro atoms. The number of rotatable bonds is 56. The molecule has 92 heavy (non-hydrogen) atoms. The number of ether oxygens (including phenoxy) is 6. The van der Waals surface area contributed by atoms with Crippen LogP contribution in [-0.4, -0.2) is 193 Å². The van der Waals surface area contributed by atoms with Crippen molar-refractivity contribution >= 4 is 5.91 Å². The summed E-state index contributed by atoms with van der Waals surface area (Å²) in [4.78, 5) is 13.4. The molecular formula is C73H131NO18. The highest BCUT2D eigenvalue weighted by Gasteiger charge is 2.53. The minimum atomic E-state index is -1.99. The first-order chi connectivity index (χ1) is 44.8. The normalized spacial score (nSPS) is 28.0. The van der Waals surface area contributed by atoms with E-state index in [4.69, 9.17) is 28.4 Å². The highest BCUT2D eigenvalue weighted by molar-refractivity contribution is 5.76. The zero-order chi connectivity index (χ0) is 66.8. The van der Waals surface area contributed by atoms with Crippen molar-refractivity contribution < 1.29 is 89.4 Å². The number of hydrogen-bond donors (Lipinski definition) is 12. The van der Waals surface area contributed by atoms with Gasteiger partial charge in [-0.1, -0.05) is 248 Å². The van der Waals surface area contributed by atoms with Gasteiger partial charge in [0.1, 0.15) is 73.2 Å². The number of unbranched alkanes of at least 4 members (excludes halogenated alkanes) is 32. The van der Waals surface area contributed by atoms with Crippen LogP contribution >= 0.6 is 0 Å². The van der Waals surface area contributed by atoms with Crippen LogP contribution in [0, 0.1) is 0 Å². The third-order valence-electron chi connectivity index (χ3n) is 18.0. The average Bonchev–Trinajstić information content (AvgIpc) is 0.827. The predicted octanol–water partition coefficient (Wildman–Crippen LogP) is 10.3. The highest BCUT2D eigenvalue weighted by atomic mass is 16.8. The third-order valence-corrected chi connectivity index (χ3v) is 18.0. The van der Waals surface area contributed by atoms with E-state index in [2.05, 4.69) is 67.8 Å². The molecule has 3 aliphatic rings. The molecule has 536 valence electrons. The minimum Gasteiger partial charge on any atom is -0.394 e. The second-order valence-corrected chi connectivity index (χ2v) is 26.0. The van der Waals surface area contributed by atoms with Gasteiger partial charge in [-0.15, -0.1) is 0 Å². The van der Waals surface area contributed by atoms with E-state index in [-0.39, 0.29) is 18.9 Å². The first kappa shape index (κ1) is 83.7. The largest absolute Gasteiger partial charge is 0.394 e. The summed E-state index contributed by atoms with van der Waals surface area (Å²) >= 11 is 0. The summed E-state index contributed by atoms with van der Waals surface area (Å²) in [6, 6.07) is -1.01. The van der Waals surface area contributed by atoms with Crippen LogP contribution in [0.1, 0.15) is 264 Å². The Morgan fingerprint density at radius 3 is 1.18 bits per heavy atom. The minimum absolute atomic E-state index is 0.214. The van der Waals surface area contributed by atoms with E-state index in [1.54, 1.807) is 6.08 Å². The Morgan fingerprint density at radius 2 is 0.739 bits per heavy atom. The summed E-state index contributed by atoms with van der Waals surface area (Å²) in [6.07, 6.45) is 40.9. The van der Waals surface area contributed by atoms with Gasteiger partial charge in [0.15, 0.2) is 18.9 Å². The smallest absolute Gasteiger partial charge is 0.220 e. The van der Waals surface area contributed by atoms with Crippen LogP contribution in [0.3, 0.4) is 0 Å². The number of amides is 1. The van der Waals surface area contributed by atoms with E-state index in [1.807, 2.05) is 6.08 Å². The Morgan fingerprint density at radius 1 is 0.391 bits per heavy atom. The van der Waals surface area contributed by atoms with E-state index in [1.165, 1.54) is 161 Å². The van der Waals surface area contributed by atoms with Crippen molar-refractivity contribution in [1.29, 1.82) is 0 Å². The molecule has 0 aromatic heterocycles. The number of hydrogen-bond acceptors (Lipinski definition) is 18. The summed E-state index contributed by atoms with van der Waals surface area (Å²) in [6.45, 7) is 1.66. The molecule has 17 unspecified atom stereocenters. The van der Waals surface area contributed by atoms with Crippen molar-refractivity contribution in [2.45, 2.75) is 369 Å². The van der Waals surface area contributed by atoms with Gasteiger partial charge in [0.2, 0.25) is 5.91 Å². The first-order valence-electron chi connectivity index (χ1n) is 36.5. The second kappa shape index (κ2) is 54.5. The zero-order valence-corrected chi connectivity index (χ0v) is 56.8. The Labute approximate surface area is 554 Å². The van der Waals surface area contributed by atoms with Crippen LogP contribution in [0.5, 0.6) is 0 Å². The maximum atomic E-state index is 13.4. The molecule has 3 saturated heterocycles. The fourth-order valence-corrected chi connectivity index (χ4v) is 12.1. The van der Waals surface area contributed by atoms with E-state index >= 15 is 0 Å². The van der Waals surface area contributed by atoms with Crippen LogP contribution in [-0.2, 0) is 33.2 Å². The van der Waals surface area contributed by atoms with Crippen molar-refractivity contribution in [1.82, 2.24) is 5.32 Å². The highest BCUT2D eigenvalue weighted by Crippen LogP contribution is 2.33. The van der Waals surface area contributed by atoms with Crippen molar-refractivity contribution in [3.05, 3.63) is 60.8 Å². The molecule has 0 aliphatic carbocycles. The third kappa shape index (κ3) is 35.7. The molecule has 0 bridgehead atoms. The van der Waals surface area contributed by atoms with Gasteiger partial charge in [0.05, 0.1) is 38.6 Å². The maximum Gasteiger partial charge on any atom is 0.220 e. The molecule has 19 heteroatoms. The lowest BCUT2D eigenvalue weighted by Gasteiger charge is -2.48. The van der Waals surface area contributed by atoms with Gasteiger partial charge in [0.25, 0.3) is 0 Å². The number of aliphatic hydroxyl groups excluding tert-OH is 11. The van der Waals surface area contributed by atoms with Gasteiger partial charge >= 0.3 is 0 Å². The van der Waals surface area contributed by atoms with Crippen LogP contribution in [0.2, 0.25) is 0 Å². The molecule has 0 aromatic carbocycles. The Balaban J connectivity index is 1.39. The van der Waals surface area contributed by atoms with E-state index < -0.39 is 124 Å². The summed E-state index contributed by atoms with van der Waals surface area (Å²) in [5.74, 6) is -0.304. The molecule has 3 heterocycles. The molecule has 0 saturated carbocycles. The molecule has 0 radical (unpaired) electrons. The summed E-state index contributed by atoms with van der Waals surface area (Å²) < 4.78 is 34.3. The zero-order valence-electron chi connectivity index (χ0n) is 56.8. The molecular weight excluding hydrogens is 1180 g/mol. The van der Waals surface area contributed by atoms with Gasteiger partial charge in [-0.05, 0) is 70.6 Å². The second-order valence-electron chi connectivity index (χ2n) is 26.0. The molecule has 12 N–H and O–H groups in total. The monoisotopic (exact) mass is 1310 g/mol. The van der Waals surface area contributed by atoms with Gasteiger partial charge in [0, 0.05) is 6.42 Å². The molecule has 3 rings (SSSR count). The topological polar surface area (TPSA) is 307 Å². The lowest BCUT2D eigenvalue weighted by molar-refractivity contribution is -0.379. The molecule has 3 fully saturated rings. The van der Waals surface area contributed by atoms with Gasteiger partial charge in [-0.2, -0.15) is 0 Å². The number of aliphatic hydroxyl groups is 11. The summed E-state index contributed by atoms with van der Waals surface area (Å²) in [7, 11) is 0. The molecule has 19 nitrogen and oxygen atoms in total. The SMILES string of the molecule is CCCC/C=C\C/C=C\CCCCCCCC(=O)NC(COC1OC(CO)C(OC2OC(CO)C(OC3OC(CO)C(O)C(O)C3O)C(O)C2O)C(O)C1O)C(O)/C=C/CC/C=C/CC/C=C/CCCCCCCCCCCCCCCCCCCCCCCCC. The Hall–Kier alpha value is -2.51. The van der Waals surface area contributed by atoms with Gasteiger partial charge in [-0.25, -0.2) is 0 Å². The summed E-state index contributed by atoms with van der Waals surface area (Å²) in [5, 5.41) is 120. The van der Waals surface area contributed by atoms with Crippen LogP contribution in [0.15, 0.2) is 60.8 Å². The number of nitrogens with one attached hydrogen (secondary N) is 1. The van der Waals surface area contributed by atoms with Crippen LogP contribution in [0.4, 0.5) is 0 Å². The van der Waals surface area contributed by atoms with Crippen molar-refractivity contribution in [3.63, 3.8) is 0 Å². The van der Waals surface area contributed by atoms with Crippen LogP contribution in [0.25, 0.3) is 0 Å². The molecule has 3 aliphatic heterocycles. The summed E-state index contributed by atoms with van der Waals surface area (Å²) in [5.41, 5.74) is 0. The fourth-order valence-electron chi connectivity index (χ4n) is 12.1. The Kier molecular flexibility index (Phi) is 49.6. The van der Waals surface area contributed by atoms with E-state index in [9.17, 15) is 61.0 Å². The first-order valence-corrected chi connectivity index (χ1v) is 36.5. The molecule has 1 amide bonds. The van der Waals surface area contributed by atoms with Crippen molar-refractivity contribution in [3.8, 4) is 0 Å². The maximum absolute atomic E-state index is 13.4. The Bertz CT molecular complexity index is 1900.